The molecule has 0 aromatic heterocycles. The van der Waals surface area contributed by atoms with Crippen LogP contribution in [0.25, 0.3) is 0 Å². The minimum Gasteiger partial charge on any atom is -0.466 e. The van der Waals surface area contributed by atoms with Gasteiger partial charge < -0.3 is 9.64 Å². The van der Waals surface area contributed by atoms with E-state index < -0.39 is 0 Å². The van der Waals surface area contributed by atoms with Crippen LogP contribution in [0.2, 0.25) is 10.0 Å². The Morgan fingerprint density at radius 1 is 1.17 bits per heavy atom. The van der Waals surface area contributed by atoms with E-state index in [1.165, 1.54) is 0 Å². The number of rotatable bonds is 6. The van der Waals surface area contributed by atoms with Crippen LogP contribution in [0.4, 0.5) is 0 Å². The average molecular weight is 373 g/mol. The van der Waals surface area contributed by atoms with Crippen LogP contribution in [0.15, 0.2) is 18.2 Å². The van der Waals surface area contributed by atoms with Crippen molar-refractivity contribution < 1.29 is 14.3 Å². The minimum absolute atomic E-state index is 0.0892. The molecule has 1 aliphatic rings. The SMILES string of the molecule is CCOC(=O)CCCN1CCN(C(=O)c2cccc(Cl)c2Cl)CC1. The summed E-state index contributed by atoms with van der Waals surface area (Å²) in [5, 5.41) is 0.696. The largest absolute Gasteiger partial charge is 0.466 e. The highest BCUT2D eigenvalue weighted by Gasteiger charge is 2.24. The van der Waals surface area contributed by atoms with Gasteiger partial charge >= 0.3 is 5.97 Å². The summed E-state index contributed by atoms with van der Waals surface area (Å²) in [5.74, 6) is -0.240. The zero-order valence-corrected chi connectivity index (χ0v) is 15.3. The Balaban J connectivity index is 1.79. The number of carbonyl (C=O) groups excluding carboxylic acids is 2. The fourth-order valence-corrected chi connectivity index (χ4v) is 3.08. The molecule has 1 fully saturated rings. The van der Waals surface area contributed by atoms with E-state index in [-0.39, 0.29) is 11.9 Å². The van der Waals surface area contributed by atoms with Gasteiger partial charge in [0.15, 0.2) is 0 Å². The molecule has 24 heavy (non-hydrogen) atoms. The number of esters is 1. The van der Waals surface area contributed by atoms with Gasteiger partial charge in [-0.3, -0.25) is 14.5 Å². The molecule has 1 amide bonds. The molecule has 0 unspecified atom stereocenters. The summed E-state index contributed by atoms with van der Waals surface area (Å²) < 4.78 is 4.92. The standard InChI is InChI=1S/C17H22Cl2N2O3/c1-2-24-15(22)7-4-8-20-9-11-21(12-10-20)17(23)13-5-3-6-14(18)16(13)19/h3,5-6H,2,4,7-12H2,1H3. The maximum Gasteiger partial charge on any atom is 0.305 e. The van der Waals surface area contributed by atoms with E-state index in [1.807, 2.05) is 0 Å². The molecule has 0 atom stereocenters. The molecule has 1 heterocycles. The zero-order chi connectivity index (χ0) is 17.5. The van der Waals surface area contributed by atoms with Crippen LogP contribution < -0.4 is 0 Å². The monoisotopic (exact) mass is 372 g/mol. The van der Waals surface area contributed by atoms with Crippen LogP contribution in [-0.2, 0) is 9.53 Å². The van der Waals surface area contributed by atoms with Gasteiger partial charge in [-0.2, -0.15) is 0 Å². The molecule has 1 aromatic carbocycles. The molecule has 0 spiro atoms. The Morgan fingerprint density at radius 3 is 2.54 bits per heavy atom. The van der Waals surface area contributed by atoms with Crippen molar-refractivity contribution in [3.63, 3.8) is 0 Å². The number of hydrogen-bond acceptors (Lipinski definition) is 4. The van der Waals surface area contributed by atoms with E-state index >= 15 is 0 Å². The summed E-state index contributed by atoms with van der Waals surface area (Å²) in [4.78, 5) is 27.9. The Bertz CT molecular complexity index is 587. The maximum absolute atomic E-state index is 12.6. The molecule has 0 N–H and O–H groups in total. The highest BCUT2D eigenvalue weighted by Crippen LogP contribution is 2.26. The average Bonchev–Trinajstić information content (AvgIpc) is 2.58. The highest BCUT2D eigenvalue weighted by molar-refractivity contribution is 6.43. The van der Waals surface area contributed by atoms with Crippen molar-refractivity contribution in [2.45, 2.75) is 19.8 Å². The molecule has 7 heteroatoms. The molecule has 0 bridgehead atoms. The molecule has 1 aromatic rings. The summed E-state index contributed by atoms with van der Waals surface area (Å²) in [7, 11) is 0. The first kappa shape index (κ1) is 19.0. The lowest BCUT2D eigenvalue weighted by molar-refractivity contribution is -0.143. The summed E-state index contributed by atoms with van der Waals surface area (Å²) in [6.07, 6.45) is 1.21. The van der Waals surface area contributed by atoms with E-state index in [2.05, 4.69) is 4.90 Å². The van der Waals surface area contributed by atoms with Gasteiger partial charge in [-0.25, -0.2) is 0 Å². The quantitative estimate of drug-likeness (QED) is 0.719. The van der Waals surface area contributed by atoms with Crippen LogP contribution in [0.1, 0.15) is 30.1 Å². The van der Waals surface area contributed by atoms with Gasteiger partial charge in [0, 0.05) is 32.6 Å². The summed E-state index contributed by atoms with van der Waals surface area (Å²) in [6, 6.07) is 5.09. The number of carbonyl (C=O) groups is 2. The van der Waals surface area contributed by atoms with Gasteiger partial charge in [0.2, 0.25) is 0 Å². The number of ether oxygens (including phenoxy) is 1. The molecule has 1 saturated heterocycles. The molecule has 0 saturated carbocycles. The first-order valence-electron chi connectivity index (χ1n) is 8.14. The number of halogens is 2. The Hall–Kier alpha value is -1.30. The third-order valence-corrected chi connectivity index (χ3v) is 4.82. The molecule has 1 aliphatic heterocycles. The second kappa shape index (κ2) is 9.25. The lowest BCUT2D eigenvalue weighted by Crippen LogP contribution is -2.48. The van der Waals surface area contributed by atoms with E-state index in [0.29, 0.717) is 41.7 Å². The topological polar surface area (TPSA) is 49.9 Å². The normalized spacial score (nSPS) is 15.4. The fourth-order valence-electron chi connectivity index (χ4n) is 2.69. The maximum atomic E-state index is 12.6. The third kappa shape index (κ3) is 5.10. The van der Waals surface area contributed by atoms with E-state index in [1.54, 1.807) is 30.0 Å². The van der Waals surface area contributed by atoms with Gasteiger partial charge in [0.05, 0.1) is 22.2 Å². The van der Waals surface area contributed by atoms with Crippen molar-refractivity contribution in [1.29, 1.82) is 0 Å². The molecule has 0 aliphatic carbocycles. The summed E-state index contributed by atoms with van der Waals surface area (Å²) in [5.41, 5.74) is 0.444. The number of hydrogen-bond donors (Lipinski definition) is 0. The first-order valence-corrected chi connectivity index (χ1v) is 8.89. The lowest BCUT2D eigenvalue weighted by atomic mass is 10.1. The van der Waals surface area contributed by atoms with Crippen molar-refractivity contribution in [1.82, 2.24) is 9.80 Å². The van der Waals surface area contributed by atoms with Gasteiger partial charge in [-0.05, 0) is 32.0 Å². The fraction of sp³-hybridized carbons (Fsp3) is 0.529. The van der Waals surface area contributed by atoms with Crippen LogP contribution in [0.5, 0.6) is 0 Å². The van der Waals surface area contributed by atoms with E-state index in [0.717, 1.165) is 26.1 Å². The van der Waals surface area contributed by atoms with Gasteiger partial charge in [0.1, 0.15) is 0 Å². The Labute approximate surface area is 152 Å². The van der Waals surface area contributed by atoms with Crippen LogP contribution >= 0.6 is 23.2 Å². The molecular formula is C17H22Cl2N2O3. The smallest absolute Gasteiger partial charge is 0.305 e. The van der Waals surface area contributed by atoms with Crippen LogP contribution in [0, 0.1) is 0 Å². The summed E-state index contributed by atoms with van der Waals surface area (Å²) in [6.45, 7) is 5.91. The number of piperazine rings is 1. The van der Waals surface area contributed by atoms with Crippen molar-refractivity contribution in [3.05, 3.63) is 33.8 Å². The predicted octanol–water partition coefficient (Wildman–Crippen LogP) is 3.09. The van der Waals surface area contributed by atoms with Crippen LogP contribution in [-0.4, -0.2) is 61.0 Å². The lowest BCUT2D eigenvalue weighted by Gasteiger charge is -2.34. The van der Waals surface area contributed by atoms with Crippen molar-refractivity contribution in [3.8, 4) is 0 Å². The van der Waals surface area contributed by atoms with Crippen molar-refractivity contribution in [2.24, 2.45) is 0 Å². The predicted molar refractivity (Wildman–Crippen MR) is 94.7 cm³/mol. The minimum atomic E-state index is -0.151. The number of amides is 1. The molecule has 0 radical (unpaired) electrons. The van der Waals surface area contributed by atoms with Crippen molar-refractivity contribution >= 4 is 35.1 Å². The Kier molecular flexibility index (Phi) is 7.34. The molecular weight excluding hydrogens is 351 g/mol. The number of nitrogens with zero attached hydrogens (tertiary/aromatic N) is 2. The molecule has 2 rings (SSSR count). The molecule has 5 nitrogen and oxygen atoms in total. The van der Waals surface area contributed by atoms with Gasteiger partial charge in [-0.1, -0.05) is 29.3 Å². The van der Waals surface area contributed by atoms with Gasteiger partial charge in [-0.15, -0.1) is 0 Å². The third-order valence-electron chi connectivity index (χ3n) is 4.00. The Morgan fingerprint density at radius 2 is 1.88 bits per heavy atom. The second-order valence-corrected chi connectivity index (χ2v) is 6.43. The second-order valence-electron chi connectivity index (χ2n) is 5.64. The van der Waals surface area contributed by atoms with Crippen LogP contribution in [0.3, 0.4) is 0 Å². The molecule has 132 valence electrons. The van der Waals surface area contributed by atoms with Crippen molar-refractivity contribution in [2.75, 3.05) is 39.3 Å². The number of benzene rings is 1. The zero-order valence-electron chi connectivity index (χ0n) is 13.8. The summed E-state index contributed by atoms with van der Waals surface area (Å²) >= 11 is 12.1. The van der Waals surface area contributed by atoms with E-state index in [9.17, 15) is 9.59 Å². The highest BCUT2D eigenvalue weighted by atomic mass is 35.5. The van der Waals surface area contributed by atoms with Gasteiger partial charge in [0.25, 0.3) is 5.91 Å². The van der Waals surface area contributed by atoms with E-state index in [4.69, 9.17) is 27.9 Å². The first-order chi connectivity index (χ1) is 11.5.